The SMILES string of the molecule is COc1ccc(C(=O)OCC(=O)c2cc(C)n(CCc3ccccc3)c2C)cc1. The Morgan fingerprint density at radius 3 is 2.31 bits per heavy atom. The molecular weight excluding hydrogens is 366 g/mol. The van der Waals surface area contributed by atoms with Gasteiger partial charge in [0.05, 0.1) is 12.7 Å². The number of aromatic nitrogens is 1. The quantitative estimate of drug-likeness (QED) is 0.422. The van der Waals surface area contributed by atoms with E-state index in [-0.39, 0.29) is 12.4 Å². The third-order valence-corrected chi connectivity index (χ3v) is 5.00. The maximum atomic E-state index is 12.6. The first-order valence-corrected chi connectivity index (χ1v) is 9.54. The number of nitrogens with zero attached hydrogens (tertiary/aromatic N) is 1. The minimum atomic E-state index is -0.529. The van der Waals surface area contributed by atoms with Gasteiger partial charge in [0.25, 0.3) is 0 Å². The molecule has 0 amide bonds. The van der Waals surface area contributed by atoms with Crippen LogP contribution in [0.25, 0.3) is 0 Å². The van der Waals surface area contributed by atoms with Crippen LogP contribution in [0.15, 0.2) is 60.7 Å². The van der Waals surface area contributed by atoms with Gasteiger partial charge in [0.15, 0.2) is 6.61 Å². The van der Waals surface area contributed by atoms with Crippen molar-refractivity contribution in [2.24, 2.45) is 0 Å². The first-order valence-electron chi connectivity index (χ1n) is 9.54. The summed E-state index contributed by atoms with van der Waals surface area (Å²) in [7, 11) is 1.56. The summed E-state index contributed by atoms with van der Waals surface area (Å²) in [5.74, 6) is -0.0784. The first kappa shape index (κ1) is 20.4. The van der Waals surface area contributed by atoms with Crippen LogP contribution in [0.3, 0.4) is 0 Å². The van der Waals surface area contributed by atoms with Crippen LogP contribution in [0.2, 0.25) is 0 Å². The fourth-order valence-corrected chi connectivity index (χ4v) is 3.33. The lowest BCUT2D eigenvalue weighted by Gasteiger charge is -2.10. The first-order chi connectivity index (χ1) is 14.0. The third-order valence-electron chi connectivity index (χ3n) is 5.00. The van der Waals surface area contributed by atoms with E-state index in [0.29, 0.717) is 16.9 Å². The molecule has 29 heavy (non-hydrogen) atoms. The van der Waals surface area contributed by atoms with Crippen LogP contribution in [0.5, 0.6) is 5.75 Å². The summed E-state index contributed by atoms with van der Waals surface area (Å²) in [5, 5.41) is 0. The zero-order chi connectivity index (χ0) is 20.8. The Morgan fingerprint density at radius 2 is 1.66 bits per heavy atom. The number of ether oxygens (including phenoxy) is 2. The minimum Gasteiger partial charge on any atom is -0.497 e. The number of methoxy groups -OCH3 is 1. The maximum absolute atomic E-state index is 12.6. The fraction of sp³-hybridized carbons (Fsp3) is 0.250. The van der Waals surface area contributed by atoms with E-state index in [1.54, 1.807) is 31.4 Å². The third kappa shape index (κ3) is 4.93. The predicted octanol–water partition coefficient (Wildman–Crippen LogP) is 4.40. The summed E-state index contributed by atoms with van der Waals surface area (Å²) < 4.78 is 12.4. The molecule has 0 saturated carbocycles. The lowest BCUT2D eigenvalue weighted by atomic mass is 10.1. The number of benzene rings is 2. The molecule has 0 N–H and O–H groups in total. The Labute approximate surface area is 170 Å². The van der Waals surface area contributed by atoms with Crippen molar-refractivity contribution in [3.8, 4) is 5.75 Å². The Hall–Kier alpha value is -3.34. The highest BCUT2D eigenvalue weighted by molar-refractivity contribution is 6.00. The van der Waals surface area contributed by atoms with E-state index in [4.69, 9.17) is 9.47 Å². The predicted molar refractivity (Wildman–Crippen MR) is 112 cm³/mol. The monoisotopic (exact) mass is 391 g/mol. The number of hydrogen-bond acceptors (Lipinski definition) is 4. The molecule has 0 aliphatic rings. The summed E-state index contributed by atoms with van der Waals surface area (Å²) in [6.07, 6.45) is 0.886. The standard InChI is InChI=1S/C24H25NO4/c1-17-15-22(18(2)25(17)14-13-19-7-5-4-6-8-19)23(26)16-29-24(27)20-9-11-21(28-3)12-10-20/h4-12,15H,13-14,16H2,1-3H3. The molecule has 2 aromatic carbocycles. The van der Waals surface area contributed by atoms with Crippen LogP contribution in [0, 0.1) is 13.8 Å². The minimum absolute atomic E-state index is 0.203. The van der Waals surface area contributed by atoms with Crippen molar-refractivity contribution in [1.82, 2.24) is 4.57 Å². The number of aryl methyl sites for hydroxylation is 2. The molecule has 0 saturated heterocycles. The number of hydrogen-bond donors (Lipinski definition) is 0. The molecule has 0 unspecified atom stereocenters. The Kier molecular flexibility index (Phi) is 6.50. The second-order valence-electron chi connectivity index (χ2n) is 6.90. The maximum Gasteiger partial charge on any atom is 0.338 e. The van der Waals surface area contributed by atoms with E-state index in [1.807, 2.05) is 38.1 Å². The van der Waals surface area contributed by atoms with Crippen molar-refractivity contribution in [2.45, 2.75) is 26.8 Å². The molecular formula is C24H25NO4. The van der Waals surface area contributed by atoms with E-state index in [1.165, 1.54) is 5.56 Å². The molecule has 0 radical (unpaired) electrons. The van der Waals surface area contributed by atoms with E-state index in [2.05, 4.69) is 16.7 Å². The molecule has 0 fully saturated rings. The molecule has 3 aromatic rings. The van der Waals surface area contributed by atoms with Gasteiger partial charge in [-0.25, -0.2) is 4.79 Å². The van der Waals surface area contributed by atoms with Crippen LogP contribution in [0.1, 0.15) is 37.7 Å². The number of esters is 1. The molecule has 0 aliphatic heterocycles. The summed E-state index contributed by atoms with van der Waals surface area (Å²) in [5.41, 5.74) is 4.14. The number of ketones is 1. The topological polar surface area (TPSA) is 57.5 Å². The Morgan fingerprint density at radius 1 is 0.966 bits per heavy atom. The number of rotatable bonds is 8. The second kappa shape index (κ2) is 9.24. The van der Waals surface area contributed by atoms with Gasteiger partial charge >= 0.3 is 5.97 Å². The Balaban J connectivity index is 1.62. The van der Waals surface area contributed by atoms with Gasteiger partial charge in [0, 0.05) is 23.5 Å². The summed E-state index contributed by atoms with van der Waals surface area (Å²) in [4.78, 5) is 24.8. The van der Waals surface area contributed by atoms with Gasteiger partial charge in [-0.2, -0.15) is 0 Å². The van der Waals surface area contributed by atoms with Gasteiger partial charge in [-0.15, -0.1) is 0 Å². The number of carbonyl (C=O) groups excluding carboxylic acids is 2. The molecule has 150 valence electrons. The number of carbonyl (C=O) groups is 2. The summed E-state index contributed by atoms with van der Waals surface area (Å²) >= 11 is 0. The van der Waals surface area contributed by atoms with Crippen LogP contribution in [-0.4, -0.2) is 30.0 Å². The molecule has 5 heteroatoms. The molecule has 0 bridgehead atoms. The van der Waals surface area contributed by atoms with Crippen molar-refractivity contribution in [3.63, 3.8) is 0 Å². The fourth-order valence-electron chi connectivity index (χ4n) is 3.33. The van der Waals surface area contributed by atoms with Gasteiger partial charge in [0.2, 0.25) is 5.78 Å². The average Bonchev–Trinajstić information content (AvgIpc) is 3.04. The average molecular weight is 391 g/mol. The van der Waals surface area contributed by atoms with Crippen molar-refractivity contribution < 1.29 is 19.1 Å². The zero-order valence-electron chi connectivity index (χ0n) is 17.0. The van der Waals surface area contributed by atoms with E-state index < -0.39 is 5.97 Å². The van der Waals surface area contributed by atoms with Crippen LogP contribution < -0.4 is 4.74 Å². The molecule has 1 aromatic heterocycles. The molecule has 5 nitrogen and oxygen atoms in total. The van der Waals surface area contributed by atoms with E-state index in [9.17, 15) is 9.59 Å². The zero-order valence-corrected chi connectivity index (χ0v) is 17.0. The smallest absolute Gasteiger partial charge is 0.338 e. The highest BCUT2D eigenvalue weighted by Gasteiger charge is 2.18. The van der Waals surface area contributed by atoms with Gasteiger partial charge in [0.1, 0.15) is 5.75 Å². The van der Waals surface area contributed by atoms with Gasteiger partial charge < -0.3 is 14.0 Å². The number of Topliss-reactive ketones (excluding diaryl/α,β-unsaturated/α-hetero) is 1. The lowest BCUT2D eigenvalue weighted by Crippen LogP contribution is -2.15. The van der Waals surface area contributed by atoms with E-state index >= 15 is 0 Å². The van der Waals surface area contributed by atoms with Crippen molar-refractivity contribution >= 4 is 11.8 Å². The summed E-state index contributed by atoms with van der Waals surface area (Å²) in [6.45, 7) is 4.42. The van der Waals surface area contributed by atoms with Crippen LogP contribution >= 0.6 is 0 Å². The van der Waals surface area contributed by atoms with Crippen molar-refractivity contribution in [3.05, 3.63) is 88.7 Å². The van der Waals surface area contributed by atoms with Crippen LogP contribution in [0.4, 0.5) is 0 Å². The molecule has 1 heterocycles. The summed E-state index contributed by atoms with van der Waals surface area (Å²) in [6, 6.07) is 18.7. The second-order valence-corrected chi connectivity index (χ2v) is 6.90. The molecule has 3 rings (SSSR count). The largest absolute Gasteiger partial charge is 0.497 e. The molecule has 0 spiro atoms. The van der Waals surface area contributed by atoms with Crippen molar-refractivity contribution in [1.29, 1.82) is 0 Å². The normalized spacial score (nSPS) is 10.6. The molecule has 0 atom stereocenters. The van der Waals surface area contributed by atoms with Crippen LogP contribution in [-0.2, 0) is 17.7 Å². The highest BCUT2D eigenvalue weighted by atomic mass is 16.5. The Bertz CT molecular complexity index is 988. The highest BCUT2D eigenvalue weighted by Crippen LogP contribution is 2.18. The molecule has 0 aliphatic carbocycles. The van der Waals surface area contributed by atoms with Gasteiger partial charge in [-0.1, -0.05) is 30.3 Å². The lowest BCUT2D eigenvalue weighted by molar-refractivity contribution is 0.0474. The van der Waals surface area contributed by atoms with Crippen molar-refractivity contribution in [2.75, 3.05) is 13.7 Å². The van der Waals surface area contributed by atoms with Gasteiger partial charge in [-0.05, 0) is 56.2 Å². The van der Waals surface area contributed by atoms with E-state index in [0.717, 1.165) is 24.4 Å². The van der Waals surface area contributed by atoms with Gasteiger partial charge in [-0.3, -0.25) is 4.79 Å².